The molecule has 2 aromatic carbocycles. The SMILES string of the molecule is C=C1CCC(N2Cc3c(OCc4ccc(CN5C(C)CNC[C@@H]5C)cc4)cccc3C2=O)C(=O)C1. The van der Waals surface area contributed by atoms with Gasteiger partial charge in [0.05, 0.1) is 12.6 Å². The van der Waals surface area contributed by atoms with Crippen molar-refractivity contribution in [2.24, 2.45) is 0 Å². The number of ketones is 1. The lowest BCUT2D eigenvalue weighted by Crippen LogP contribution is -2.54. The van der Waals surface area contributed by atoms with Crippen molar-refractivity contribution in [3.63, 3.8) is 0 Å². The minimum Gasteiger partial charge on any atom is -0.489 e. The van der Waals surface area contributed by atoms with Gasteiger partial charge in [0.2, 0.25) is 0 Å². The number of allylic oxidation sites excluding steroid dienone is 1. The van der Waals surface area contributed by atoms with E-state index in [4.69, 9.17) is 4.74 Å². The summed E-state index contributed by atoms with van der Waals surface area (Å²) in [5.74, 6) is 0.741. The second kappa shape index (κ2) is 9.96. The predicted octanol–water partition coefficient (Wildman–Crippen LogP) is 4.08. The number of nitrogens with zero attached hydrogens (tertiary/aromatic N) is 2. The van der Waals surface area contributed by atoms with Gasteiger partial charge in [0.25, 0.3) is 5.91 Å². The van der Waals surface area contributed by atoms with Gasteiger partial charge in [-0.05, 0) is 49.9 Å². The van der Waals surface area contributed by atoms with Gasteiger partial charge in [0.15, 0.2) is 5.78 Å². The summed E-state index contributed by atoms with van der Waals surface area (Å²) in [6.45, 7) is 12.4. The minimum absolute atomic E-state index is 0.0722. The maximum Gasteiger partial charge on any atom is 0.255 e. The molecule has 0 spiro atoms. The van der Waals surface area contributed by atoms with E-state index in [1.807, 2.05) is 18.2 Å². The highest BCUT2D eigenvalue weighted by molar-refractivity contribution is 6.02. The van der Waals surface area contributed by atoms with Gasteiger partial charge in [0, 0.05) is 49.3 Å². The van der Waals surface area contributed by atoms with Crippen molar-refractivity contribution >= 4 is 11.7 Å². The Morgan fingerprint density at radius 2 is 1.74 bits per heavy atom. The van der Waals surface area contributed by atoms with Crippen LogP contribution in [0.5, 0.6) is 5.75 Å². The van der Waals surface area contributed by atoms with E-state index in [0.717, 1.165) is 48.5 Å². The molecule has 0 bridgehead atoms. The molecule has 2 heterocycles. The fourth-order valence-electron chi connectivity index (χ4n) is 5.59. The van der Waals surface area contributed by atoms with Crippen LogP contribution in [0.2, 0.25) is 0 Å². The Labute approximate surface area is 207 Å². The van der Waals surface area contributed by atoms with Gasteiger partial charge in [-0.2, -0.15) is 0 Å². The number of ether oxygens (including phenoxy) is 1. The zero-order chi connectivity index (χ0) is 24.5. The predicted molar refractivity (Wildman–Crippen MR) is 136 cm³/mol. The highest BCUT2D eigenvalue weighted by Crippen LogP contribution is 2.35. The van der Waals surface area contributed by atoms with E-state index in [1.165, 1.54) is 5.56 Å². The Bertz CT molecular complexity index is 1120. The number of carbonyl (C=O) groups is 2. The van der Waals surface area contributed by atoms with Crippen molar-refractivity contribution in [1.29, 1.82) is 0 Å². The van der Waals surface area contributed by atoms with Crippen LogP contribution in [0, 0.1) is 0 Å². The van der Waals surface area contributed by atoms with Crippen LogP contribution >= 0.6 is 0 Å². The molecule has 1 N–H and O–H groups in total. The Balaban J connectivity index is 1.23. The number of carbonyl (C=O) groups excluding carboxylic acids is 2. The number of amides is 1. The molecule has 3 aliphatic rings. The number of fused-ring (bicyclic) bond motifs is 1. The smallest absolute Gasteiger partial charge is 0.255 e. The molecular weight excluding hydrogens is 438 g/mol. The maximum atomic E-state index is 13.1. The first kappa shape index (κ1) is 23.8. The molecule has 6 heteroatoms. The topological polar surface area (TPSA) is 61.9 Å². The molecule has 1 amide bonds. The van der Waals surface area contributed by atoms with Crippen LogP contribution in [0.3, 0.4) is 0 Å². The molecule has 2 aromatic rings. The molecule has 35 heavy (non-hydrogen) atoms. The van der Waals surface area contributed by atoms with Gasteiger partial charge in [-0.15, -0.1) is 0 Å². The highest BCUT2D eigenvalue weighted by Gasteiger charge is 2.39. The summed E-state index contributed by atoms with van der Waals surface area (Å²) >= 11 is 0. The third kappa shape index (κ3) is 4.91. The average Bonchev–Trinajstić information content (AvgIpc) is 3.18. The average molecular weight is 474 g/mol. The molecule has 184 valence electrons. The molecule has 1 saturated carbocycles. The zero-order valence-corrected chi connectivity index (χ0v) is 20.8. The Kier molecular flexibility index (Phi) is 6.76. The minimum atomic E-state index is -0.359. The second-order valence-corrected chi connectivity index (χ2v) is 10.3. The monoisotopic (exact) mass is 473 g/mol. The van der Waals surface area contributed by atoms with Crippen molar-refractivity contribution in [1.82, 2.24) is 15.1 Å². The fourth-order valence-corrected chi connectivity index (χ4v) is 5.59. The van der Waals surface area contributed by atoms with Gasteiger partial charge in [-0.25, -0.2) is 0 Å². The van der Waals surface area contributed by atoms with Crippen LogP contribution in [0.1, 0.15) is 60.2 Å². The van der Waals surface area contributed by atoms with Gasteiger partial charge >= 0.3 is 0 Å². The number of hydrogen-bond acceptors (Lipinski definition) is 5. The largest absolute Gasteiger partial charge is 0.489 e. The van der Waals surface area contributed by atoms with Crippen molar-refractivity contribution in [3.05, 3.63) is 76.9 Å². The van der Waals surface area contributed by atoms with E-state index in [0.29, 0.717) is 43.6 Å². The molecule has 6 nitrogen and oxygen atoms in total. The van der Waals surface area contributed by atoms with E-state index in [2.05, 4.69) is 54.9 Å². The summed E-state index contributed by atoms with van der Waals surface area (Å²) in [6.07, 6.45) is 1.82. The first-order valence-corrected chi connectivity index (χ1v) is 12.7. The Morgan fingerprint density at radius 3 is 2.46 bits per heavy atom. The van der Waals surface area contributed by atoms with Crippen molar-refractivity contribution < 1.29 is 14.3 Å². The van der Waals surface area contributed by atoms with E-state index in [1.54, 1.807) is 4.90 Å². The van der Waals surface area contributed by atoms with Crippen LogP contribution < -0.4 is 10.1 Å². The maximum absolute atomic E-state index is 13.1. The summed E-state index contributed by atoms with van der Waals surface area (Å²) in [7, 11) is 0. The Hall–Kier alpha value is -2.96. The first-order valence-electron chi connectivity index (χ1n) is 12.7. The molecule has 2 unspecified atom stereocenters. The van der Waals surface area contributed by atoms with Gasteiger partial charge in [0.1, 0.15) is 12.4 Å². The summed E-state index contributed by atoms with van der Waals surface area (Å²) in [6, 6.07) is 14.9. The van der Waals surface area contributed by atoms with E-state index in [9.17, 15) is 9.59 Å². The summed E-state index contributed by atoms with van der Waals surface area (Å²) in [4.78, 5) is 29.9. The van der Waals surface area contributed by atoms with Gasteiger partial charge in [-0.1, -0.05) is 42.5 Å². The number of benzene rings is 2. The first-order chi connectivity index (χ1) is 16.9. The third-order valence-corrected chi connectivity index (χ3v) is 7.69. The van der Waals surface area contributed by atoms with Crippen molar-refractivity contribution in [2.45, 2.75) is 70.9 Å². The molecule has 1 aliphatic carbocycles. The van der Waals surface area contributed by atoms with Crippen LogP contribution in [0.15, 0.2) is 54.6 Å². The standard InChI is InChI=1S/C29H35N3O3/c1-19-7-12-26(27(33)13-19)32-17-25-24(29(32)34)5-4-6-28(25)35-18-23-10-8-22(9-11-23)16-31-20(2)14-30-15-21(31)3/h4-6,8-11,20-21,26,30H,1,7,12-18H2,2-3H3/t20-,21?,26?/m0/s1. The quantitative estimate of drug-likeness (QED) is 0.641. The molecule has 2 aliphatic heterocycles. The molecular formula is C29H35N3O3. The lowest BCUT2D eigenvalue weighted by atomic mass is 9.90. The lowest BCUT2D eigenvalue weighted by Gasteiger charge is -2.39. The summed E-state index contributed by atoms with van der Waals surface area (Å²) < 4.78 is 6.19. The summed E-state index contributed by atoms with van der Waals surface area (Å²) in [5.41, 5.74) is 4.88. The third-order valence-electron chi connectivity index (χ3n) is 7.69. The molecule has 0 aromatic heterocycles. The van der Waals surface area contributed by atoms with Gasteiger partial charge in [-0.3, -0.25) is 14.5 Å². The highest BCUT2D eigenvalue weighted by atomic mass is 16.5. The zero-order valence-electron chi connectivity index (χ0n) is 20.8. The van der Waals surface area contributed by atoms with E-state index in [-0.39, 0.29) is 17.7 Å². The summed E-state index contributed by atoms with van der Waals surface area (Å²) in [5, 5.41) is 3.48. The second-order valence-electron chi connectivity index (χ2n) is 10.3. The number of rotatable bonds is 6. The van der Waals surface area contributed by atoms with E-state index >= 15 is 0 Å². The number of piperazine rings is 1. The van der Waals surface area contributed by atoms with Crippen LogP contribution in [0.25, 0.3) is 0 Å². The molecule has 2 fully saturated rings. The van der Waals surface area contributed by atoms with Crippen LogP contribution in [-0.4, -0.2) is 52.7 Å². The molecule has 1 saturated heterocycles. The van der Waals surface area contributed by atoms with E-state index < -0.39 is 0 Å². The number of hydrogen-bond donors (Lipinski definition) is 1. The van der Waals surface area contributed by atoms with Gasteiger partial charge < -0.3 is 15.0 Å². The van der Waals surface area contributed by atoms with Crippen LogP contribution in [0.4, 0.5) is 0 Å². The molecule has 3 atom stereocenters. The normalized spacial score (nSPS) is 25.1. The molecule has 0 radical (unpaired) electrons. The van der Waals surface area contributed by atoms with Crippen molar-refractivity contribution in [2.75, 3.05) is 13.1 Å². The van der Waals surface area contributed by atoms with Crippen LogP contribution in [-0.2, 0) is 24.5 Å². The Morgan fingerprint density at radius 1 is 1.03 bits per heavy atom. The molecule has 5 rings (SSSR count). The lowest BCUT2D eigenvalue weighted by molar-refractivity contribution is -0.124. The number of Topliss-reactive ketones (excluding diaryl/α,β-unsaturated/α-hetero) is 1. The van der Waals surface area contributed by atoms with Crippen molar-refractivity contribution in [3.8, 4) is 5.75 Å². The number of nitrogens with one attached hydrogen (secondary N) is 1. The fraction of sp³-hybridized carbons (Fsp3) is 0.448.